The van der Waals surface area contributed by atoms with Crippen LogP contribution < -0.4 is 22.5 Å². The quantitative estimate of drug-likeness (QED) is 0.287. The van der Waals surface area contributed by atoms with E-state index in [1.165, 1.54) is 0 Å². The fourth-order valence-electron chi connectivity index (χ4n) is 1.37. The van der Waals surface area contributed by atoms with Crippen LogP contribution in [0.3, 0.4) is 0 Å². The molecule has 6 N–H and O–H groups in total. The Hall–Kier alpha value is -1.86. The molecule has 15 heavy (non-hydrogen) atoms. The van der Waals surface area contributed by atoms with E-state index in [0.29, 0.717) is 11.5 Å². The minimum atomic E-state index is -0.594. The third-order valence-electron chi connectivity index (χ3n) is 1.98. The van der Waals surface area contributed by atoms with Gasteiger partial charge in [-0.15, -0.1) is 0 Å². The van der Waals surface area contributed by atoms with Gasteiger partial charge >= 0.3 is 0 Å². The Balaban J connectivity index is 3.35. The molecular weight excluding hydrogens is 200 g/mol. The molecule has 0 aliphatic carbocycles. The van der Waals surface area contributed by atoms with Crippen molar-refractivity contribution in [2.45, 2.75) is 13.8 Å². The summed E-state index contributed by atoms with van der Waals surface area (Å²) >= 11 is 0. The summed E-state index contributed by atoms with van der Waals surface area (Å²) in [5, 5.41) is 0. The van der Waals surface area contributed by atoms with Gasteiger partial charge in [0.1, 0.15) is 11.5 Å². The van der Waals surface area contributed by atoms with E-state index in [2.05, 4.69) is 0 Å². The normalized spacial score (nSPS) is 9.87. The Morgan fingerprint density at radius 3 is 1.60 bits per heavy atom. The summed E-state index contributed by atoms with van der Waals surface area (Å²) in [5.74, 6) is 9.42. The van der Waals surface area contributed by atoms with Gasteiger partial charge in [0.2, 0.25) is 0 Å². The van der Waals surface area contributed by atoms with Gasteiger partial charge in [0, 0.05) is 0 Å². The number of hydrogen-bond donors (Lipinski definition) is 4. The van der Waals surface area contributed by atoms with E-state index in [-0.39, 0.29) is 11.1 Å². The van der Waals surface area contributed by atoms with Crippen molar-refractivity contribution in [3.8, 4) is 0 Å². The molecule has 7 nitrogen and oxygen atoms in total. The predicted octanol–water partition coefficient (Wildman–Crippen LogP) is -0.897. The fourth-order valence-corrected chi connectivity index (χ4v) is 1.37. The number of aryl methyl sites for hydroxylation is 2. The summed E-state index contributed by atoms with van der Waals surface area (Å²) in [5.41, 5.74) is 4.06. The average molecular weight is 212 g/mol. The highest BCUT2D eigenvalue weighted by Crippen LogP contribution is 2.21. The smallest absolute Gasteiger partial charge is 0.269 e. The zero-order chi connectivity index (χ0) is 11.6. The van der Waals surface area contributed by atoms with Crippen molar-refractivity contribution in [1.29, 1.82) is 0 Å². The number of nitrogen functional groups attached to an aromatic ring is 2. The number of hydrogen-bond acceptors (Lipinski definition) is 5. The molecule has 0 radical (unpaired) electrons. The van der Waals surface area contributed by atoms with Crippen molar-refractivity contribution in [3.05, 3.63) is 22.6 Å². The molecule has 82 valence electrons. The van der Waals surface area contributed by atoms with Crippen LogP contribution in [-0.2, 0) is 0 Å². The number of hydrazine groups is 2. The lowest BCUT2D eigenvalue weighted by Gasteiger charge is -2.01. The predicted molar refractivity (Wildman–Crippen MR) is 51.5 cm³/mol. The summed E-state index contributed by atoms with van der Waals surface area (Å²) in [4.78, 5) is 22.7. The molecule has 0 saturated heterocycles. The first-order chi connectivity index (χ1) is 7.02. The standard InChI is InChI=1S/C8H12N4O3/c1-3-5(7(13)11-9)6(4(2)15-3)8(14)12-10/h9-10H2,1-2H3,(H,11,13)(H,12,14). The van der Waals surface area contributed by atoms with Gasteiger partial charge in [-0.1, -0.05) is 0 Å². The van der Waals surface area contributed by atoms with Crippen LogP contribution in [0.25, 0.3) is 0 Å². The molecule has 0 aromatic carbocycles. The Morgan fingerprint density at radius 2 is 1.33 bits per heavy atom. The second-order valence-corrected chi connectivity index (χ2v) is 2.91. The summed E-state index contributed by atoms with van der Waals surface area (Å²) in [6, 6.07) is 0. The van der Waals surface area contributed by atoms with Gasteiger partial charge in [-0.05, 0) is 13.8 Å². The van der Waals surface area contributed by atoms with Gasteiger partial charge in [0.05, 0.1) is 11.1 Å². The number of rotatable bonds is 2. The number of carbonyl (C=O) groups is 2. The lowest BCUT2D eigenvalue weighted by atomic mass is 10.1. The SMILES string of the molecule is Cc1oc(C)c(C(=O)NN)c1C(=O)NN. The molecule has 0 atom stereocenters. The van der Waals surface area contributed by atoms with E-state index in [4.69, 9.17) is 16.1 Å². The lowest BCUT2D eigenvalue weighted by molar-refractivity contribution is 0.0919. The maximum absolute atomic E-state index is 11.4. The third-order valence-corrected chi connectivity index (χ3v) is 1.98. The summed E-state index contributed by atoms with van der Waals surface area (Å²) < 4.78 is 5.16. The molecule has 2 amide bonds. The number of nitrogens with two attached hydrogens (primary N) is 2. The van der Waals surface area contributed by atoms with Crippen LogP contribution in [0.4, 0.5) is 0 Å². The zero-order valence-electron chi connectivity index (χ0n) is 8.38. The number of nitrogens with one attached hydrogen (secondary N) is 2. The van der Waals surface area contributed by atoms with E-state index in [1.54, 1.807) is 13.8 Å². The minimum Gasteiger partial charge on any atom is -0.465 e. The van der Waals surface area contributed by atoms with Crippen LogP contribution in [0.5, 0.6) is 0 Å². The molecular formula is C8H12N4O3. The first-order valence-electron chi connectivity index (χ1n) is 4.14. The van der Waals surface area contributed by atoms with Gasteiger partial charge in [-0.25, -0.2) is 11.7 Å². The molecule has 0 spiro atoms. The Morgan fingerprint density at radius 1 is 1.00 bits per heavy atom. The van der Waals surface area contributed by atoms with Crippen LogP contribution in [0.15, 0.2) is 4.42 Å². The number of carbonyl (C=O) groups excluding carboxylic acids is 2. The van der Waals surface area contributed by atoms with Crippen LogP contribution in [0.2, 0.25) is 0 Å². The molecule has 0 aliphatic heterocycles. The van der Waals surface area contributed by atoms with Crippen molar-refractivity contribution >= 4 is 11.8 Å². The van der Waals surface area contributed by atoms with Gasteiger partial charge in [-0.2, -0.15) is 0 Å². The van der Waals surface area contributed by atoms with Crippen LogP contribution >= 0.6 is 0 Å². The van der Waals surface area contributed by atoms with Crippen molar-refractivity contribution in [1.82, 2.24) is 10.9 Å². The Kier molecular flexibility index (Phi) is 3.08. The maximum Gasteiger partial charge on any atom is 0.269 e. The fraction of sp³-hybridized carbons (Fsp3) is 0.250. The molecule has 0 unspecified atom stereocenters. The van der Waals surface area contributed by atoms with E-state index in [9.17, 15) is 9.59 Å². The largest absolute Gasteiger partial charge is 0.465 e. The highest BCUT2D eigenvalue weighted by atomic mass is 16.3. The van der Waals surface area contributed by atoms with Crippen molar-refractivity contribution < 1.29 is 14.0 Å². The van der Waals surface area contributed by atoms with E-state index in [1.807, 2.05) is 10.9 Å². The lowest BCUT2D eigenvalue weighted by Crippen LogP contribution is -2.35. The second-order valence-electron chi connectivity index (χ2n) is 2.91. The minimum absolute atomic E-state index is 0.0953. The third kappa shape index (κ3) is 1.83. The summed E-state index contributed by atoms with van der Waals surface area (Å²) in [7, 11) is 0. The maximum atomic E-state index is 11.4. The van der Waals surface area contributed by atoms with Gasteiger partial charge in [-0.3, -0.25) is 20.4 Å². The Bertz CT molecular complexity index is 374. The number of amides is 2. The van der Waals surface area contributed by atoms with Gasteiger partial charge in [0.25, 0.3) is 11.8 Å². The van der Waals surface area contributed by atoms with Crippen LogP contribution in [0.1, 0.15) is 32.2 Å². The molecule has 1 aromatic heterocycles. The molecule has 1 aromatic rings. The van der Waals surface area contributed by atoms with Crippen molar-refractivity contribution in [2.75, 3.05) is 0 Å². The molecule has 7 heteroatoms. The van der Waals surface area contributed by atoms with E-state index in [0.717, 1.165) is 0 Å². The highest BCUT2D eigenvalue weighted by Gasteiger charge is 2.25. The van der Waals surface area contributed by atoms with E-state index >= 15 is 0 Å². The first-order valence-corrected chi connectivity index (χ1v) is 4.14. The topological polar surface area (TPSA) is 123 Å². The molecule has 0 bridgehead atoms. The Labute approximate surface area is 85.7 Å². The van der Waals surface area contributed by atoms with Gasteiger partial charge < -0.3 is 4.42 Å². The van der Waals surface area contributed by atoms with Crippen LogP contribution in [0, 0.1) is 13.8 Å². The monoisotopic (exact) mass is 212 g/mol. The van der Waals surface area contributed by atoms with E-state index < -0.39 is 11.8 Å². The highest BCUT2D eigenvalue weighted by molar-refractivity contribution is 6.08. The first kappa shape index (κ1) is 11.2. The molecule has 0 fully saturated rings. The molecule has 1 rings (SSSR count). The second kappa shape index (κ2) is 4.11. The average Bonchev–Trinajstić information content (AvgIpc) is 2.51. The molecule has 0 aliphatic rings. The zero-order valence-corrected chi connectivity index (χ0v) is 8.38. The molecule has 0 saturated carbocycles. The van der Waals surface area contributed by atoms with Crippen molar-refractivity contribution in [2.24, 2.45) is 11.7 Å². The summed E-state index contributed by atoms with van der Waals surface area (Å²) in [6.45, 7) is 3.12. The summed E-state index contributed by atoms with van der Waals surface area (Å²) in [6.07, 6.45) is 0. The van der Waals surface area contributed by atoms with Gasteiger partial charge in [0.15, 0.2) is 0 Å². The van der Waals surface area contributed by atoms with Crippen molar-refractivity contribution in [3.63, 3.8) is 0 Å². The molecule has 1 heterocycles. The van der Waals surface area contributed by atoms with Crippen LogP contribution in [-0.4, -0.2) is 11.8 Å². The number of furan rings is 1.